The van der Waals surface area contributed by atoms with Crippen molar-refractivity contribution < 1.29 is 4.74 Å². The quantitative estimate of drug-likeness (QED) is 0.860. The molecule has 0 atom stereocenters. The van der Waals surface area contributed by atoms with Gasteiger partial charge in [0.25, 0.3) is 0 Å². The highest BCUT2D eigenvalue weighted by Gasteiger charge is 2.22. The molecule has 1 aromatic carbocycles. The molecule has 1 saturated carbocycles. The molecule has 1 aliphatic carbocycles. The molecule has 0 spiro atoms. The largest absolute Gasteiger partial charge is 0.381 e. The summed E-state index contributed by atoms with van der Waals surface area (Å²) in [6.45, 7) is 4.03. The Morgan fingerprint density at radius 3 is 2.39 bits per heavy atom. The van der Waals surface area contributed by atoms with E-state index in [4.69, 9.17) is 4.74 Å². The van der Waals surface area contributed by atoms with Gasteiger partial charge in [-0.2, -0.15) is 0 Å². The monoisotopic (exact) mass is 245 g/mol. The van der Waals surface area contributed by atoms with Crippen LogP contribution in [0.4, 0.5) is 0 Å². The average molecular weight is 245 g/mol. The summed E-state index contributed by atoms with van der Waals surface area (Å²) in [4.78, 5) is 0. The van der Waals surface area contributed by atoms with Crippen molar-refractivity contribution in [3.05, 3.63) is 35.4 Å². The standard InChI is InChI=1S/C16H23NO/c1-3-15(16-5-6-16)4-2-13(1)11-17-12-14-7-9-18-10-8-14/h1-4,14,16-17H,5-12H2. The number of benzene rings is 1. The fourth-order valence-corrected chi connectivity index (χ4v) is 2.70. The molecule has 98 valence electrons. The summed E-state index contributed by atoms with van der Waals surface area (Å²) in [7, 11) is 0. The molecule has 2 aliphatic rings. The Bertz CT molecular complexity index is 363. The van der Waals surface area contributed by atoms with Gasteiger partial charge in [-0.15, -0.1) is 0 Å². The minimum Gasteiger partial charge on any atom is -0.381 e. The first-order chi connectivity index (χ1) is 8.92. The molecule has 0 amide bonds. The zero-order valence-electron chi connectivity index (χ0n) is 11.0. The van der Waals surface area contributed by atoms with Crippen molar-refractivity contribution in [3.63, 3.8) is 0 Å². The minimum atomic E-state index is 0.810. The van der Waals surface area contributed by atoms with Gasteiger partial charge in [0.05, 0.1) is 0 Å². The summed E-state index contributed by atoms with van der Waals surface area (Å²) in [6, 6.07) is 9.18. The molecule has 2 nitrogen and oxygen atoms in total. The molecular formula is C16H23NO. The van der Waals surface area contributed by atoms with Crippen molar-refractivity contribution in [3.8, 4) is 0 Å². The van der Waals surface area contributed by atoms with E-state index in [9.17, 15) is 0 Å². The van der Waals surface area contributed by atoms with Crippen molar-refractivity contribution in [2.45, 2.75) is 38.1 Å². The Morgan fingerprint density at radius 1 is 1.00 bits per heavy atom. The maximum absolute atomic E-state index is 5.38. The first kappa shape index (κ1) is 12.2. The van der Waals surface area contributed by atoms with Crippen LogP contribution in [0.25, 0.3) is 0 Å². The van der Waals surface area contributed by atoms with Crippen LogP contribution in [-0.4, -0.2) is 19.8 Å². The summed E-state index contributed by atoms with van der Waals surface area (Å²) in [5.41, 5.74) is 2.94. The van der Waals surface area contributed by atoms with E-state index < -0.39 is 0 Å². The van der Waals surface area contributed by atoms with Gasteiger partial charge in [0.2, 0.25) is 0 Å². The van der Waals surface area contributed by atoms with Crippen LogP contribution in [0.15, 0.2) is 24.3 Å². The van der Waals surface area contributed by atoms with Crippen LogP contribution in [-0.2, 0) is 11.3 Å². The van der Waals surface area contributed by atoms with E-state index in [1.54, 1.807) is 0 Å². The molecule has 1 heterocycles. The highest BCUT2D eigenvalue weighted by atomic mass is 16.5. The number of ether oxygens (including phenoxy) is 1. The lowest BCUT2D eigenvalue weighted by atomic mass is 10.0. The number of rotatable bonds is 5. The summed E-state index contributed by atoms with van der Waals surface area (Å²) in [5.74, 6) is 1.68. The molecule has 2 fully saturated rings. The number of hydrogen-bond donors (Lipinski definition) is 1. The van der Waals surface area contributed by atoms with E-state index in [2.05, 4.69) is 29.6 Å². The topological polar surface area (TPSA) is 21.3 Å². The zero-order chi connectivity index (χ0) is 12.2. The van der Waals surface area contributed by atoms with Gasteiger partial charge in [0, 0.05) is 19.8 Å². The first-order valence-corrected chi connectivity index (χ1v) is 7.29. The molecule has 0 bridgehead atoms. The predicted octanol–water partition coefficient (Wildman–Crippen LogP) is 3.08. The van der Waals surface area contributed by atoms with Gasteiger partial charge in [0.1, 0.15) is 0 Å². The van der Waals surface area contributed by atoms with Crippen LogP contribution in [0, 0.1) is 5.92 Å². The highest BCUT2D eigenvalue weighted by molar-refractivity contribution is 5.27. The van der Waals surface area contributed by atoms with Gasteiger partial charge in [-0.25, -0.2) is 0 Å². The van der Waals surface area contributed by atoms with Crippen molar-refractivity contribution >= 4 is 0 Å². The van der Waals surface area contributed by atoms with Gasteiger partial charge >= 0.3 is 0 Å². The van der Waals surface area contributed by atoms with E-state index in [0.29, 0.717) is 0 Å². The van der Waals surface area contributed by atoms with E-state index in [-0.39, 0.29) is 0 Å². The SMILES string of the molecule is c1cc(C2CC2)ccc1CNCC1CCOCC1. The van der Waals surface area contributed by atoms with Crippen LogP contribution >= 0.6 is 0 Å². The summed E-state index contributed by atoms with van der Waals surface area (Å²) >= 11 is 0. The molecule has 1 saturated heterocycles. The summed E-state index contributed by atoms with van der Waals surface area (Å²) in [6.07, 6.45) is 5.21. The average Bonchev–Trinajstić information content (AvgIpc) is 3.25. The summed E-state index contributed by atoms with van der Waals surface area (Å²) < 4.78 is 5.38. The molecule has 1 aliphatic heterocycles. The van der Waals surface area contributed by atoms with Gasteiger partial charge in [-0.05, 0) is 55.2 Å². The second-order valence-corrected chi connectivity index (χ2v) is 5.70. The van der Waals surface area contributed by atoms with Gasteiger partial charge in [0.15, 0.2) is 0 Å². The highest BCUT2D eigenvalue weighted by Crippen LogP contribution is 2.39. The fourth-order valence-electron chi connectivity index (χ4n) is 2.70. The Kier molecular flexibility index (Phi) is 3.96. The lowest BCUT2D eigenvalue weighted by Crippen LogP contribution is -2.27. The minimum absolute atomic E-state index is 0.810. The lowest BCUT2D eigenvalue weighted by Gasteiger charge is -2.22. The maximum atomic E-state index is 5.38. The van der Waals surface area contributed by atoms with Crippen molar-refractivity contribution in [2.75, 3.05) is 19.8 Å². The van der Waals surface area contributed by atoms with Crippen molar-refractivity contribution in [2.24, 2.45) is 5.92 Å². The van der Waals surface area contributed by atoms with E-state index in [1.165, 1.54) is 36.8 Å². The Balaban J connectivity index is 1.41. The fraction of sp³-hybridized carbons (Fsp3) is 0.625. The van der Waals surface area contributed by atoms with Gasteiger partial charge in [-0.3, -0.25) is 0 Å². The second-order valence-electron chi connectivity index (χ2n) is 5.70. The first-order valence-electron chi connectivity index (χ1n) is 7.29. The van der Waals surface area contributed by atoms with Gasteiger partial charge in [-0.1, -0.05) is 24.3 Å². The molecule has 0 radical (unpaired) electrons. The van der Waals surface area contributed by atoms with Crippen LogP contribution in [0.1, 0.15) is 42.7 Å². The van der Waals surface area contributed by atoms with Crippen LogP contribution in [0.3, 0.4) is 0 Å². The molecular weight excluding hydrogens is 222 g/mol. The Morgan fingerprint density at radius 2 is 1.72 bits per heavy atom. The van der Waals surface area contributed by atoms with Gasteiger partial charge < -0.3 is 10.1 Å². The van der Waals surface area contributed by atoms with Crippen LogP contribution in [0.2, 0.25) is 0 Å². The molecule has 0 unspecified atom stereocenters. The number of hydrogen-bond acceptors (Lipinski definition) is 2. The second kappa shape index (κ2) is 5.85. The summed E-state index contributed by atoms with van der Waals surface area (Å²) in [5, 5.41) is 3.58. The Hall–Kier alpha value is -0.860. The zero-order valence-corrected chi connectivity index (χ0v) is 11.0. The van der Waals surface area contributed by atoms with Crippen LogP contribution < -0.4 is 5.32 Å². The molecule has 0 aromatic heterocycles. The molecule has 18 heavy (non-hydrogen) atoms. The van der Waals surface area contributed by atoms with Crippen molar-refractivity contribution in [1.29, 1.82) is 0 Å². The van der Waals surface area contributed by atoms with E-state index >= 15 is 0 Å². The lowest BCUT2D eigenvalue weighted by molar-refractivity contribution is 0.0662. The van der Waals surface area contributed by atoms with E-state index in [1.807, 2.05) is 0 Å². The van der Waals surface area contributed by atoms with Crippen LogP contribution in [0.5, 0.6) is 0 Å². The molecule has 3 rings (SSSR count). The Labute approximate surface area is 110 Å². The smallest absolute Gasteiger partial charge is 0.0469 e. The molecule has 1 aromatic rings. The normalized spacial score (nSPS) is 21.1. The third kappa shape index (κ3) is 3.33. The number of nitrogens with one attached hydrogen (secondary N) is 1. The molecule has 2 heteroatoms. The maximum Gasteiger partial charge on any atom is 0.0469 e. The third-order valence-electron chi connectivity index (χ3n) is 4.13. The predicted molar refractivity (Wildman–Crippen MR) is 73.7 cm³/mol. The third-order valence-corrected chi connectivity index (χ3v) is 4.13. The molecule has 1 N–H and O–H groups in total. The van der Waals surface area contributed by atoms with Crippen molar-refractivity contribution in [1.82, 2.24) is 5.32 Å². The van der Waals surface area contributed by atoms with E-state index in [0.717, 1.165) is 38.1 Å².